The van der Waals surface area contributed by atoms with Crippen LogP contribution in [0.3, 0.4) is 0 Å². The van der Waals surface area contributed by atoms with Crippen molar-refractivity contribution >= 4 is 11.9 Å². The summed E-state index contributed by atoms with van der Waals surface area (Å²) >= 11 is 0. The Kier molecular flexibility index (Phi) is 7.99. The highest BCUT2D eigenvalue weighted by Crippen LogP contribution is 2.39. The quantitative estimate of drug-likeness (QED) is 0.641. The van der Waals surface area contributed by atoms with Gasteiger partial charge in [-0.15, -0.1) is 0 Å². The number of carboxylic acids is 1. The number of carbonyl (C=O) groups is 2. The predicted octanol–water partition coefficient (Wildman–Crippen LogP) is 0.792. The van der Waals surface area contributed by atoms with Crippen LogP contribution in [0.25, 0.3) is 0 Å². The monoisotopic (exact) mass is 403 g/mol. The molecule has 158 valence electrons. The van der Waals surface area contributed by atoms with E-state index in [4.69, 9.17) is 34.6 Å². The Balaban J connectivity index is 0.000000445. The molecule has 3 N–H and O–H groups in total. The molecule has 0 amide bonds. The van der Waals surface area contributed by atoms with E-state index < -0.39 is 24.2 Å². The lowest BCUT2D eigenvalue weighted by atomic mass is 10.00. The average molecular weight is 403 g/mol. The number of methoxy groups -OCH3 is 2. The summed E-state index contributed by atoms with van der Waals surface area (Å²) in [4.78, 5) is 20.1. The van der Waals surface area contributed by atoms with Crippen LogP contribution >= 0.6 is 0 Å². The van der Waals surface area contributed by atoms with Crippen molar-refractivity contribution < 1.29 is 51.6 Å². The highest BCUT2D eigenvalue weighted by molar-refractivity contribution is 5.73. The van der Waals surface area contributed by atoms with E-state index in [-0.39, 0.29) is 36.7 Å². The van der Waals surface area contributed by atoms with Crippen LogP contribution in [0.1, 0.15) is 26.7 Å². The highest BCUT2D eigenvalue weighted by atomic mass is 19.4. The molecule has 0 radical (unpaired) electrons. The normalized spacial score (nSPS) is 30.1. The van der Waals surface area contributed by atoms with Crippen LogP contribution in [0.2, 0.25) is 0 Å². The first-order valence-corrected chi connectivity index (χ1v) is 7.98. The molecule has 0 aromatic carbocycles. The number of hydrogen-bond donors (Lipinski definition) is 2. The molecule has 0 aromatic rings. The molecule has 2 rings (SSSR count). The molecular weight excluding hydrogens is 379 g/mol. The van der Waals surface area contributed by atoms with Crippen LogP contribution in [0, 0.1) is 0 Å². The largest absolute Gasteiger partial charge is 0.490 e. The number of alkyl halides is 3. The highest BCUT2D eigenvalue weighted by Gasteiger charge is 2.56. The van der Waals surface area contributed by atoms with Gasteiger partial charge >= 0.3 is 18.1 Å². The van der Waals surface area contributed by atoms with Gasteiger partial charge in [0.25, 0.3) is 0 Å². The first-order chi connectivity index (χ1) is 12.3. The van der Waals surface area contributed by atoms with Crippen molar-refractivity contribution in [3.63, 3.8) is 0 Å². The zero-order valence-electron chi connectivity index (χ0n) is 15.3. The number of carboxylic acid groups (broad SMARTS) is 1. The zero-order valence-corrected chi connectivity index (χ0v) is 15.3. The number of rotatable bonds is 5. The van der Waals surface area contributed by atoms with E-state index in [0.717, 1.165) is 0 Å². The minimum Gasteiger partial charge on any atom is -0.475 e. The van der Waals surface area contributed by atoms with Gasteiger partial charge in [0.15, 0.2) is 12.1 Å². The summed E-state index contributed by atoms with van der Waals surface area (Å²) in [6.45, 7) is 3.65. The fourth-order valence-electron chi connectivity index (χ4n) is 2.67. The van der Waals surface area contributed by atoms with Crippen molar-refractivity contribution in [3.8, 4) is 0 Å². The summed E-state index contributed by atoms with van der Waals surface area (Å²) < 4.78 is 59.0. The molecule has 5 atom stereocenters. The van der Waals surface area contributed by atoms with Gasteiger partial charge in [-0.25, -0.2) is 4.79 Å². The van der Waals surface area contributed by atoms with Crippen molar-refractivity contribution in [1.82, 2.24) is 0 Å². The second kappa shape index (κ2) is 9.15. The first-order valence-electron chi connectivity index (χ1n) is 7.98. The summed E-state index contributed by atoms with van der Waals surface area (Å²) in [7, 11) is 2.94. The van der Waals surface area contributed by atoms with Crippen molar-refractivity contribution in [2.45, 2.75) is 69.3 Å². The molecule has 0 unspecified atom stereocenters. The smallest absolute Gasteiger partial charge is 0.475 e. The van der Waals surface area contributed by atoms with Crippen molar-refractivity contribution in [2.24, 2.45) is 5.73 Å². The van der Waals surface area contributed by atoms with Gasteiger partial charge < -0.3 is 34.5 Å². The van der Waals surface area contributed by atoms with Gasteiger partial charge in [-0.3, -0.25) is 4.79 Å². The third kappa shape index (κ3) is 6.57. The zero-order chi connectivity index (χ0) is 21.0. The molecule has 9 nitrogen and oxygen atoms in total. The maximum atomic E-state index is 11.2. The molecular formula is C15H24F3NO8. The number of hydrogen-bond acceptors (Lipinski definition) is 8. The standard InChI is InChI=1S/C13H23NO6.C2HF3O2/c1-13(2)19-11-10(17-4)9(18-12(11)20-13)7(14)5-6-8(15)16-3;3-2(4,5)1(6)7/h7,9-12H,5-6,14H2,1-4H3;(H,6,7)/t7-,9+,10-,11+,12+;/m0./s1. The maximum Gasteiger partial charge on any atom is 0.490 e. The van der Waals surface area contributed by atoms with Crippen LogP contribution in [0.4, 0.5) is 13.2 Å². The Morgan fingerprint density at radius 1 is 1.26 bits per heavy atom. The molecule has 2 saturated heterocycles. The lowest BCUT2D eigenvalue weighted by Gasteiger charge is -2.28. The summed E-state index contributed by atoms with van der Waals surface area (Å²) in [5, 5.41) is 7.12. The molecule has 2 aliphatic heterocycles. The molecule has 2 heterocycles. The summed E-state index contributed by atoms with van der Waals surface area (Å²) in [6, 6.07) is -0.347. The number of nitrogens with two attached hydrogens (primary N) is 1. The molecule has 27 heavy (non-hydrogen) atoms. The van der Waals surface area contributed by atoms with E-state index in [9.17, 15) is 18.0 Å². The molecule has 0 saturated carbocycles. The number of esters is 1. The minimum atomic E-state index is -5.08. The van der Waals surface area contributed by atoms with E-state index >= 15 is 0 Å². The Morgan fingerprint density at radius 3 is 2.26 bits per heavy atom. The Hall–Kier alpha value is -1.47. The van der Waals surface area contributed by atoms with Gasteiger partial charge in [-0.2, -0.15) is 13.2 Å². The lowest BCUT2D eigenvalue weighted by Crippen LogP contribution is -2.46. The van der Waals surface area contributed by atoms with Gasteiger partial charge in [0, 0.05) is 19.6 Å². The maximum absolute atomic E-state index is 11.2. The molecule has 12 heteroatoms. The van der Waals surface area contributed by atoms with Crippen molar-refractivity contribution in [1.29, 1.82) is 0 Å². The van der Waals surface area contributed by atoms with Gasteiger partial charge in [-0.05, 0) is 20.3 Å². The molecule has 0 spiro atoms. The van der Waals surface area contributed by atoms with E-state index in [1.165, 1.54) is 7.11 Å². The first kappa shape index (κ1) is 23.6. The molecule has 0 bridgehead atoms. The third-order valence-electron chi connectivity index (χ3n) is 3.87. The number of halogens is 3. The van der Waals surface area contributed by atoms with Crippen LogP contribution in [-0.2, 0) is 33.3 Å². The summed E-state index contributed by atoms with van der Waals surface area (Å²) in [5.74, 6) is -3.73. The second-order valence-corrected chi connectivity index (χ2v) is 6.35. The number of fused-ring (bicyclic) bond motifs is 1. The van der Waals surface area contributed by atoms with Gasteiger partial charge in [0.05, 0.1) is 7.11 Å². The van der Waals surface area contributed by atoms with E-state index in [1.54, 1.807) is 7.11 Å². The average Bonchev–Trinajstić information content (AvgIpc) is 3.03. The van der Waals surface area contributed by atoms with Crippen molar-refractivity contribution in [3.05, 3.63) is 0 Å². The Labute approximate surface area is 153 Å². The number of ether oxygens (including phenoxy) is 5. The summed E-state index contributed by atoms with van der Waals surface area (Å²) in [5.41, 5.74) is 6.09. The SMILES string of the molecule is COC(=O)CC[C@H](N)[C@H]1O[C@@H]2OC(C)(C)O[C@@H]2[C@H]1OC.O=C(O)C(F)(F)F. The van der Waals surface area contributed by atoms with E-state index in [0.29, 0.717) is 6.42 Å². The van der Waals surface area contributed by atoms with Crippen LogP contribution < -0.4 is 5.73 Å². The van der Waals surface area contributed by atoms with Crippen molar-refractivity contribution in [2.75, 3.05) is 14.2 Å². The van der Waals surface area contributed by atoms with Crippen LogP contribution in [0.15, 0.2) is 0 Å². The fourth-order valence-corrected chi connectivity index (χ4v) is 2.67. The predicted molar refractivity (Wildman–Crippen MR) is 82.4 cm³/mol. The van der Waals surface area contributed by atoms with Crippen LogP contribution in [-0.4, -0.2) is 73.9 Å². The van der Waals surface area contributed by atoms with Crippen LogP contribution in [0.5, 0.6) is 0 Å². The van der Waals surface area contributed by atoms with E-state index in [2.05, 4.69) is 4.74 Å². The molecule has 2 aliphatic rings. The Morgan fingerprint density at radius 2 is 1.81 bits per heavy atom. The minimum absolute atomic E-state index is 0.247. The van der Waals surface area contributed by atoms with Gasteiger partial charge in [-0.1, -0.05) is 0 Å². The Bertz CT molecular complexity index is 528. The molecule has 0 aliphatic carbocycles. The second-order valence-electron chi connectivity index (χ2n) is 6.35. The molecule has 2 fully saturated rings. The topological polar surface area (TPSA) is 127 Å². The summed E-state index contributed by atoms with van der Waals surface area (Å²) in [6.07, 6.45) is -5.84. The number of carbonyl (C=O) groups excluding carboxylic acids is 1. The third-order valence-corrected chi connectivity index (χ3v) is 3.87. The van der Waals surface area contributed by atoms with E-state index in [1.807, 2.05) is 13.8 Å². The van der Waals surface area contributed by atoms with Gasteiger partial charge in [0.2, 0.25) is 0 Å². The molecule has 0 aromatic heterocycles. The number of aliphatic carboxylic acids is 1. The fraction of sp³-hybridized carbons (Fsp3) is 0.867. The lowest BCUT2D eigenvalue weighted by molar-refractivity contribution is -0.219. The van der Waals surface area contributed by atoms with Gasteiger partial charge in [0.1, 0.15) is 18.3 Å².